The summed E-state index contributed by atoms with van der Waals surface area (Å²) in [7, 11) is 0. The van der Waals surface area contributed by atoms with E-state index in [2.05, 4.69) is 12.2 Å². The van der Waals surface area contributed by atoms with Gasteiger partial charge in [0, 0.05) is 0 Å². The molecule has 1 N–H and O–H groups in total. The van der Waals surface area contributed by atoms with Crippen molar-refractivity contribution in [3.63, 3.8) is 0 Å². The molecule has 1 fully saturated rings. The van der Waals surface area contributed by atoms with Crippen molar-refractivity contribution < 1.29 is 0 Å². The van der Waals surface area contributed by atoms with Gasteiger partial charge in [-0.15, -0.1) is 0 Å². The minimum Gasteiger partial charge on any atom is -0.316 e. The highest BCUT2D eigenvalue weighted by Gasteiger charge is 2.04. The van der Waals surface area contributed by atoms with E-state index < -0.39 is 0 Å². The molecule has 1 saturated heterocycles. The zero-order valence-electron chi connectivity index (χ0n) is 5.41. The molecule has 1 rings (SSSR count). The Morgan fingerprint density at radius 2 is 2.25 bits per heavy atom. The standard InChI is InChI=1S/C6H13N.H2S/c1-6-3-2-4-7-5-6;/h6-7H,2-5H2,1H3;1H2/t6-;/m1./s1. The summed E-state index contributed by atoms with van der Waals surface area (Å²) in [5, 5.41) is 3.33. The zero-order chi connectivity index (χ0) is 5.11. The molecule has 0 aromatic rings. The van der Waals surface area contributed by atoms with E-state index in [1.54, 1.807) is 0 Å². The summed E-state index contributed by atoms with van der Waals surface area (Å²) in [4.78, 5) is 0. The van der Waals surface area contributed by atoms with Crippen molar-refractivity contribution in [3.05, 3.63) is 0 Å². The van der Waals surface area contributed by atoms with Crippen molar-refractivity contribution in [2.45, 2.75) is 19.8 Å². The third-order valence-electron chi connectivity index (χ3n) is 1.54. The first kappa shape index (κ1) is 8.31. The Bertz CT molecular complexity index is 50.5. The van der Waals surface area contributed by atoms with Crippen molar-refractivity contribution >= 4 is 13.5 Å². The molecule has 1 nitrogen and oxygen atoms in total. The molecule has 1 aliphatic rings. The molecular weight excluding hydrogens is 118 g/mol. The Kier molecular flexibility index (Phi) is 4.38. The molecule has 1 heterocycles. The summed E-state index contributed by atoms with van der Waals surface area (Å²) in [6, 6.07) is 0. The second kappa shape index (κ2) is 4.21. The van der Waals surface area contributed by atoms with Crippen LogP contribution in [0.2, 0.25) is 0 Å². The van der Waals surface area contributed by atoms with Crippen LogP contribution in [0, 0.1) is 5.92 Å². The number of hydrogen-bond acceptors (Lipinski definition) is 1. The SMILES string of the molecule is C[C@@H]1CCCNC1.S. The maximum Gasteiger partial charge on any atom is -0.00231 e. The van der Waals surface area contributed by atoms with E-state index in [4.69, 9.17) is 0 Å². The topological polar surface area (TPSA) is 12.0 Å². The Hall–Kier alpha value is 0.310. The lowest BCUT2D eigenvalue weighted by Crippen LogP contribution is -2.27. The first-order chi connectivity index (χ1) is 3.39. The second-order valence-electron chi connectivity index (χ2n) is 2.45. The third-order valence-corrected chi connectivity index (χ3v) is 1.54. The van der Waals surface area contributed by atoms with Gasteiger partial charge in [0.1, 0.15) is 0 Å². The fourth-order valence-electron chi connectivity index (χ4n) is 1.03. The molecule has 0 aromatic carbocycles. The van der Waals surface area contributed by atoms with Crippen molar-refractivity contribution in [1.29, 1.82) is 0 Å². The predicted molar refractivity (Wildman–Crippen MR) is 41.6 cm³/mol. The molecule has 0 aromatic heterocycles. The van der Waals surface area contributed by atoms with Crippen LogP contribution in [0.5, 0.6) is 0 Å². The fraction of sp³-hybridized carbons (Fsp3) is 1.00. The third kappa shape index (κ3) is 2.58. The average Bonchev–Trinajstić information content (AvgIpc) is 1.69. The zero-order valence-corrected chi connectivity index (χ0v) is 6.41. The molecule has 0 radical (unpaired) electrons. The normalized spacial score (nSPS) is 28.9. The van der Waals surface area contributed by atoms with Crippen LogP contribution in [-0.4, -0.2) is 13.1 Å². The minimum atomic E-state index is 0. The molecule has 0 saturated carbocycles. The maximum absolute atomic E-state index is 3.33. The highest BCUT2D eigenvalue weighted by Crippen LogP contribution is 2.06. The average molecular weight is 133 g/mol. The van der Waals surface area contributed by atoms with Crippen LogP contribution in [0.25, 0.3) is 0 Å². The number of nitrogens with one attached hydrogen (secondary N) is 1. The molecular formula is C6H15NS. The lowest BCUT2D eigenvalue weighted by Gasteiger charge is -2.17. The molecule has 8 heavy (non-hydrogen) atoms. The molecule has 1 atom stereocenters. The van der Waals surface area contributed by atoms with Crippen molar-refractivity contribution in [1.82, 2.24) is 5.32 Å². The van der Waals surface area contributed by atoms with Crippen LogP contribution in [0.3, 0.4) is 0 Å². The Morgan fingerprint density at radius 1 is 1.50 bits per heavy atom. The van der Waals surface area contributed by atoms with Crippen molar-refractivity contribution in [3.8, 4) is 0 Å². The van der Waals surface area contributed by atoms with E-state index in [-0.39, 0.29) is 13.5 Å². The van der Waals surface area contributed by atoms with Crippen LogP contribution in [-0.2, 0) is 0 Å². The Balaban J connectivity index is 0.000000490. The molecule has 2 heteroatoms. The summed E-state index contributed by atoms with van der Waals surface area (Å²) >= 11 is 0. The molecule has 0 aliphatic carbocycles. The van der Waals surface area contributed by atoms with Gasteiger partial charge in [0.15, 0.2) is 0 Å². The van der Waals surface area contributed by atoms with Gasteiger partial charge in [-0.2, -0.15) is 13.5 Å². The smallest absolute Gasteiger partial charge is 0.00231 e. The molecule has 50 valence electrons. The molecule has 1 aliphatic heterocycles. The lowest BCUT2D eigenvalue weighted by atomic mass is 10.0. The van der Waals surface area contributed by atoms with Gasteiger partial charge in [0.2, 0.25) is 0 Å². The number of hydrogen-bond donors (Lipinski definition) is 1. The fourth-order valence-corrected chi connectivity index (χ4v) is 1.03. The first-order valence-electron chi connectivity index (χ1n) is 3.10. The van der Waals surface area contributed by atoms with E-state index in [1.807, 2.05) is 0 Å². The van der Waals surface area contributed by atoms with Gasteiger partial charge in [-0.05, 0) is 31.8 Å². The summed E-state index contributed by atoms with van der Waals surface area (Å²) in [6.07, 6.45) is 2.80. The van der Waals surface area contributed by atoms with Crippen LogP contribution in [0.15, 0.2) is 0 Å². The number of piperidine rings is 1. The van der Waals surface area contributed by atoms with Gasteiger partial charge < -0.3 is 5.32 Å². The molecule has 0 bridgehead atoms. The quantitative estimate of drug-likeness (QED) is 0.522. The molecule has 0 amide bonds. The largest absolute Gasteiger partial charge is 0.316 e. The van der Waals surface area contributed by atoms with Gasteiger partial charge in [-0.3, -0.25) is 0 Å². The lowest BCUT2D eigenvalue weighted by molar-refractivity contribution is 0.405. The van der Waals surface area contributed by atoms with Gasteiger partial charge in [0.05, 0.1) is 0 Å². The Morgan fingerprint density at radius 3 is 2.50 bits per heavy atom. The summed E-state index contributed by atoms with van der Waals surface area (Å²) < 4.78 is 0. The van der Waals surface area contributed by atoms with Crippen molar-refractivity contribution in [2.24, 2.45) is 5.92 Å². The highest BCUT2D eigenvalue weighted by atomic mass is 32.1. The van der Waals surface area contributed by atoms with Crippen LogP contribution >= 0.6 is 13.5 Å². The number of rotatable bonds is 0. The second-order valence-corrected chi connectivity index (χ2v) is 2.45. The first-order valence-corrected chi connectivity index (χ1v) is 3.10. The predicted octanol–water partition coefficient (Wildman–Crippen LogP) is 1.12. The van der Waals surface area contributed by atoms with Crippen LogP contribution in [0.4, 0.5) is 0 Å². The minimum absolute atomic E-state index is 0. The Labute approximate surface area is 58.3 Å². The van der Waals surface area contributed by atoms with E-state index in [9.17, 15) is 0 Å². The van der Waals surface area contributed by atoms with Crippen LogP contribution in [0.1, 0.15) is 19.8 Å². The summed E-state index contributed by atoms with van der Waals surface area (Å²) in [5.41, 5.74) is 0. The van der Waals surface area contributed by atoms with E-state index >= 15 is 0 Å². The summed E-state index contributed by atoms with van der Waals surface area (Å²) in [6.45, 7) is 4.77. The van der Waals surface area contributed by atoms with Gasteiger partial charge in [0.25, 0.3) is 0 Å². The summed E-state index contributed by atoms with van der Waals surface area (Å²) in [5.74, 6) is 0.925. The van der Waals surface area contributed by atoms with Crippen LogP contribution < -0.4 is 5.32 Å². The molecule has 0 unspecified atom stereocenters. The van der Waals surface area contributed by atoms with E-state index in [0.717, 1.165) is 5.92 Å². The maximum atomic E-state index is 3.33. The van der Waals surface area contributed by atoms with Gasteiger partial charge in [-0.1, -0.05) is 6.92 Å². The van der Waals surface area contributed by atoms with E-state index in [1.165, 1.54) is 25.9 Å². The highest BCUT2D eigenvalue weighted by molar-refractivity contribution is 7.59. The van der Waals surface area contributed by atoms with Gasteiger partial charge in [-0.25, -0.2) is 0 Å². The van der Waals surface area contributed by atoms with Crippen molar-refractivity contribution in [2.75, 3.05) is 13.1 Å². The monoisotopic (exact) mass is 133 g/mol. The van der Waals surface area contributed by atoms with Gasteiger partial charge >= 0.3 is 0 Å². The van der Waals surface area contributed by atoms with E-state index in [0.29, 0.717) is 0 Å². The molecule has 0 spiro atoms.